The third kappa shape index (κ3) is 3.31. The molecule has 1 atom stereocenters. The van der Waals surface area contributed by atoms with Crippen LogP contribution < -0.4 is 10.6 Å². The zero-order valence-electron chi connectivity index (χ0n) is 11.1. The van der Waals surface area contributed by atoms with E-state index in [1.54, 1.807) is 17.8 Å². The minimum Gasteiger partial charge on any atom is -0.480 e. The van der Waals surface area contributed by atoms with Gasteiger partial charge in [-0.25, -0.2) is 4.98 Å². The molecule has 2 aromatic rings. The average Bonchev–Trinajstić information content (AvgIpc) is 2.94. The maximum Gasteiger partial charge on any atom is 0.326 e. The second-order valence-corrected chi connectivity index (χ2v) is 5.08. The van der Waals surface area contributed by atoms with Gasteiger partial charge in [-0.3, -0.25) is 9.78 Å². The highest BCUT2D eigenvalue weighted by atomic mass is 32.1. The van der Waals surface area contributed by atoms with Gasteiger partial charge >= 0.3 is 5.97 Å². The first-order chi connectivity index (χ1) is 9.61. The Morgan fingerprint density at radius 1 is 1.50 bits per heavy atom. The smallest absolute Gasteiger partial charge is 0.326 e. The van der Waals surface area contributed by atoms with Crippen LogP contribution in [0.2, 0.25) is 0 Å². The quantitative estimate of drug-likeness (QED) is 0.841. The Morgan fingerprint density at radius 2 is 2.20 bits per heavy atom. The van der Waals surface area contributed by atoms with E-state index >= 15 is 0 Å². The second-order valence-electron chi connectivity index (χ2n) is 4.24. The molecule has 0 saturated carbocycles. The molecule has 2 heterocycles. The van der Waals surface area contributed by atoms with Gasteiger partial charge in [0, 0.05) is 30.9 Å². The number of nitrogens with two attached hydrogens (primary N) is 1. The van der Waals surface area contributed by atoms with E-state index in [2.05, 4.69) is 14.9 Å². The summed E-state index contributed by atoms with van der Waals surface area (Å²) in [6.45, 7) is 3.51. The van der Waals surface area contributed by atoms with Crippen molar-refractivity contribution in [3.8, 4) is 0 Å². The molecular weight excluding hydrogens is 276 g/mol. The number of rotatable bonds is 6. The Morgan fingerprint density at radius 3 is 2.80 bits per heavy atom. The average molecular weight is 292 g/mol. The van der Waals surface area contributed by atoms with Crippen LogP contribution in [0.4, 0.5) is 5.13 Å². The minimum atomic E-state index is -1.07. The summed E-state index contributed by atoms with van der Waals surface area (Å²) in [6.07, 6.45) is 3.49. The molecule has 1 unspecified atom stereocenters. The summed E-state index contributed by atoms with van der Waals surface area (Å²) in [5.74, 6) is -1.07. The first-order valence-corrected chi connectivity index (χ1v) is 7.07. The van der Waals surface area contributed by atoms with Gasteiger partial charge in [-0.2, -0.15) is 0 Å². The fourth-order valence-corrected chi connectivity index (χ4v) is 2.64. The van der Waals surface area contributed by atoms with Crippen molar-refractivity contribution in [3.05, 3.63) is 41.2 Å². The van der Waals surface area contributed by atoms with Crippen molar-refractivity contribution in [2.45, 2.75) is 19.5 Å². The summed E-state index contributed by atoms with van der Waals surface area (Å²) in [6, 6.07) is 2.82. The molecule has 20 heavy (non-hydrogen) atoms. The van der Waals surface area contributed by atoms with E-state index < -0.39 is 12.0 Å². The number of anilines is 1. The molecule has 7 heteroatoms. The molecule has 3 N–H and O–H groups in total. The highest BCUT2D eigenvalue weighted by Crippen LogP contribution is 2.24. The van der Waals surface area contributed by atoms with Crippen LogP contribution in [0.5, 0.6) is 0 Å². The van der Waals surface area contributed by atoms with Crippen LogP contribution >= 0.6 is 11.3 Å². The predicted octanol–water partition coefficient (Wildman–Crippen LogP) is 1.65. The molecule has 0 spiro atoms. The van der Waals surface area contributed by atoms with Crippen LogP contribution in [0.15, 0.2) is 29.9 Å². The fourth-order valence-electron chi connectivity index (χ4n) is 1.71. The first-order valence-electron chi connectivity index (χ1n) is 6.19. The normalized spacial score (nSPS) is 12.1. The van der Waals surface area contributed by atoms with Crippen LogP contribution in [0.25, 0.3) is 0 Å². The molecule has 0 amide bonds. The lowest BCUT2D eigenvalue weighted by atomic mass is 10.2. The number of carboxylic acid groups (broad SMARTS) is 1. The van der Waals surface area contributed by atoms with Gasteiger partial charge in [0.2, 0.25) is 0 Å². The highest BCUT2D eigenvalue weighted by Gasteiger charge is 2.19. The van der Waals surface area contributed by atoms with Gasteiger partial charge in [0.15, 0.2) is 5.13 Å². The number of hydrogen-bond acceptors (Lipinski definition) is 6. The molecular formula is C13H16N4O2S. The third-order valence-corrected chi connectivity index (χ3v) is 3.79. The van der Waals surface area contributed by atoms with Crippen LogP contribution in [0.3, 0.4) is 0 Å². The summed E-state index contributed by atoms with van der Waals surface area (Å²) in [5, 5.41) is 11.4. The van der Waals surface area contributed by atoms with Crippen molar-refractivity contribution in [3.63, 3.8) is 0 Å². The number of carboxylic acids is 1. The van der Waals surface area contributed by atoms with Crippen molar-refractivity contribution in [1.82, 2.24) is 9.97 Å². The summed E-state index contributed by atoms with van der Waals surface area (Å²) in [7, 11) is 0. The van der Waals surface area contributed by atoms with E-state index in [9.17, 15) is 4.79 Å². The lowest BCUT2D eigenvalue weighted by molar-refractivity contribution is -0.138. The van der Waals surface area contributed by atoms with Crippen molar-refractivity contribution >= 4 is 22.4 Å². The Bertz CT molecular complexity index is 573. The van der Waals surface area contributed by atoms with Crippen LogP contribution in [-0.4, -0.2) is 27.6 Å². The Labute approximate surface area is 120 Å². The summed E-state index contributed by atoms with van der Waals surface area (Å²) < 4.78 is 0. The van der Waals surface area contributed by atoms with Gasteiger partial charge < -0.3 is 15.7 Å². The van der Waals surface area contributed by atoms with E-state index in [0.717, 1.165) is 17.2 Å². The molecule has 0 aliphatic carbocycles. The van der Waals surface area contributed by atoms with Gasteiger partial charge in [0.05, 0.1) is 5.69 Å². The zero-order chi connectivity index (χ0) is 14.5. The van der Waals surface area contributed by atoms with E-state index in [1.807, 2.05) is 19.1 Å². The van der Waals surface area contributed by atoms with Gasteiger partial charge in [0.25, 0.3) is 0 Å². The standard InChI is InChI=1S/C13H16N4O2S/c1-2-17(7-9-3-5-15-6-4-9)13-16-10(8-20-13)11(14)12(18)19/h3-6,8,11H,2,7,14H2,1H3,(H,18,19). The van der Waals surface area contributed by atoms with Gasteiger partial charge in [-0.15, -0.1) is 11.3 Å². The molecule has 106 valence electrons. The summed E-state index contributed by atoms with van der Waals surface area (Å²) >= 11 is 1.40. The number of hydrogen-bond donors (Lipinski definition) is 2. The second kappa shape index (κ2) is 6.44. The van der Waals surface area contributed by atoms with Crippen molar-refractivity contribution in [2.75, 3.05) is 11.4 Å². The number of pyridine rings is 1. The van der Waals surface area contributed by atoms with Crippen LogP contribution in [0.1, 0.15) is 24.2 Å². The lowest BCUT2D eigenvalue weighted by Gasteiger charge is -2.19. The largest absolute Gasteiger partial charge is 0.480 e. The Kier molecular flexibility index (Phi) is 4.65. The molecule has 0 radical (unpaired) electrons. The molecule has 0 saturated heterocycles. The number of nitrogens with zero attached hydrogens (tertiary/aromatic N) is 3. The molecule has 0 fully saturated rings. The predicted molar refractivity (Wildman–Crippen MR) is 77.6 cm³/mol. The zero-order valence-corrected chi connectivity index (χ0v) is 11.9. The van der Waals surface area contributed by atoms with E-state index in [0.29, 0.717) is 12.2 Å². The fraction of sp³-hybridized carbons (Fsp3) is 0.308. The number of carbonyl (C=O) groups is 1. The Balaban J connectivity index is 2.14. The Hall–Kier alpha value is -1.99. The van der Waals surface area contributed by atoms with Gasteiger partial charge in [-0.05, 0) is 24.6 Å². The maximum absolute atomic E-state index is 10.9. The lowest BCUT2D eigenvalue weighted by Crippen LogP contribution is -2.23. The molecule has 0 aliphatic rings. The number of aliphatic carboxylic acids is 1. The minimum absolute atomic E-state index is 0.394. The molecule has 6 nitrogen and oxygen atoms in total. The van der Waals surface area contributed by atoms with Crippen molar-refractivity contribution in [2.24, 2.45) is 5.73 Å². The topological polar surface area (TPSA) is 92.3 Å². The number of thiazole rings is 1. The van der Waals surface area contributed by atoms with Crippen LogP contribution in [0, 0.1) is 0 Å². The maximum atomic E-state index is 10.9. The summed E-state index contributed by atoms with van der Waals surface area (Å²) in [5.41, 5.74) is 7.08. The summed E-state index contributed by atoms with van der Waals surface area (Å²) in [4.78, 5) is 21.2. The number of aromatic nitrogens is 2. The third-order valence-electron chi connectivity index (χ3n) is 2.87. The highest BCUT2D eigenvalue weighted by molar-refractivity contribution is 7.13. The monoisotopic (exact) mass is 292 g/mol. The molecule has 2 aromatic heterocycles. The van der Waals surface area contributed by atoms with Gasteiger partial charge in [0.1, 0.15) is 6.04 Å². The molecule has 0 bridgehead atoms. The van der Waals surface area contributed by atoms with E-state index in [-0.39, 0.29) is 0 Å². The van der Waals surface area contributed by atoms with Crippen molar-refractivity contribution < 1.29 is 9.90 Å². The molecule has 2 rings (SSSR count). The van der Waals surface area contributed by atoms with Crippen LogP contribution in [-0.2, 0) is 11.3 Å². The van der Waals surface area contributed by atoms with Crippen molar-refractivity contribution in [1.29, 1.82) is 0 Å². The molecule has 0 aliphatic heterocycles. The molecule has 0 aromatic carbocycles. The first kappa shape index (κ1) is 14.4. The SMILES string of the molecule is CCN(Cc1ccncc1)c1nc(C(N)C(=O)O)cs1. The van der Waals surface area contributed by atoms with E-state index in [1.165, 1.54) is 11.3 Å². The van der Waals surface area contributed by atoms with E-state index in [4.69, 9.17) is 10.8 Å². The van der Waals surface area contributed by atoms with Gasteiger partial charge in [-0.1, -0.05) is 0 Å².